The number of aryl methyl sites for hydroxylation is 1. The number of amides is 3. The normalized spacial score (nSPS) is 13.4. The molecule has 6 nitrogen and oxygen atoms in total. The molecule has 7 heteroatoms. The number of carbonyl (C=O) groups excluding carboxylic acids is 3. The van der Waals surface area contributed by atoms with Gasteiger partial charge in [-0.25, -0.2) is 0 Å². The minimum Gasteiger partial charge on any atom is -0.345 e. The summed E-state index contributed by atoms with van der Waals surface area (Å²) in [6.45, 7) is 1.96. The van der Waals surface area contributed by atoms with Crippen LogP contribution < -0.4 is 16.2 Å². The van der Waals surface area contributed by atoms with Gasteiger partial charge in [-0.1, -0.05) is 18.2 Å². The van der Waals surface area contributed by atoms with Gasteiger partial charge in [-0.3, -0.25) is 25.2 Å². The molecular weight excluding hydrogens is 290 g/mol. The number of hydrogen-bond donors (Lipinski definition) is 3. The second kappa shape index (κ2) is 7.12. The van der Waals surface area contributed by atoms with E-state index < -0.39 is 11.8 Å². The van der Waals surface area contributed by atoms with E-state index in [2.05, 4.69) is 16.2 Å². The van der Waals surface area contributed by atoms with Crippen LogP contribution in [0.1, 0.15) is 18.4 Å². The fraction of sp³-hybridized carbons (Fsp3) is 0.357. The zero-order chi connectivity index (χ0) is 15.2. The molecule has 1 saturated carbocycles. The van der Waals surface area contributed by atoms with Crippen molar-refractivity contribution in [3.05, 3.63) is 29.8 Å². The van der Waals surface area contributed by atoms with Gasteiger partial charge in [0.25, 0.3) is 0 Å². The van der Waals surface area contributed by atoms with Gasteiger partial charge >= 0.3 is 11.8 Å². The molecule has 1 aromatic carbocycles. The van der Waals surface area contributed by atoms with Gasteiger partial charge in [0.2, 0.25) is 5.91 Å². The van der Waals surface area contributed by atoms with Crippen molar-refractivity contribution in [3.63, 3.8) is 0 Å². The van der Waals surface area contributed by atoms with Crippen molar-refractivity contribution >= 4 is 29.5 Å². The van der Waals surface area contributed by atoms with E-state index in [1.54, 1.807) is 0 Å². The van der Waals surface area contributed by atoms with Crippen LogP contribution in [0.3, 0.4) is 0 Å². The topological polar surface area (TPSA) is 87.3 Å². The Morgan fingerprint density at radius 2 is 1.86 bits per heavy atom. The van der Waals surface area contributed by atoms with Crippen LogP contribution in [0.15, 0.2) is 29.2 Å². The van der Waals surface area contributed by atoms with E-state index in [1.165, 1.54) is 11.8 Å². The van der Waals surface area contributed by atoms with Gasteiger partial charge in [0, 0.05) is 10.9 Å². The fourth-order valence-electron chi connectivity index (χ4n) is 1.56. The van der Waals surface area contributed by atoms with Crippen LogP contribution in [-0.4, -0.2) is 29.5 Å². The molecule has 0 bridgehead atoms. The molecule has 1 aromatic rings. The van der Waals surface area contributed by atoms with Crippen molar-refractivity contribution < 1.29 is 14.4 Å². The van der Waals surface area contributed by atoms with E-state index in [9.17, 15) is 14.4 Å². The highest BCUT2D eigenvalue weighted by atomic mass is 32.2. The molecule has 0 aliphatic heterocycles. The second-order valence-electron chi connectivity index (χ2n) is 4.80. The monoisotopic (exact) mass is 307 g/mol. The summed E-state index contributed by atoms with van der Waals surface area (Å²) in [6, 6.07) is 7.82. The predicted molar refractivity (Wildman–Crippen MR) is 79.4 cm³/mol. The third-order valence-electron chi connectivity index (χ3n) is 2.89. The minimum absolute atomic E-state index is 0.107. The van der Waals surface area contributed by atoms with E-state index in [4.69, 9.17) is 0 Å². The molecule has 0 unspecified atom stereocenters. The van der Waals surface area contributed by atoms with E-state index in [-0.39, 0.29) is 17.7 Å². The Bertz CT molecular complexity index is 558. The minimum atomic E-state index is -0.851. The first-order chi connectivity index (χ1) is 10.1. The van der Waals surface area contributed by atoms with Crippen molar-refractivity contribution in [2.75, 3.05) is 5.75 Å². The van der Waals surface area contributed by atoms with Gasteiger partial charge in [-0.15, -0.1) is 11.8 Å². The third kappa shape index (κ3) is 5.11. The Morgan fingerprint density at radius 1 is 1.14 bits per heavy atom. The summed E-state index contributed by atoms with van der Waals surface area (Å²) < 4.78 is 0. The van der Waals surface area contributed by atoms with Gasteiger partial charge in [-0.2, -0.15) is 0 Å². The highest BCUT2D eigenvalue weighted by Crippen LogP contribution is 2.21. The van der Waals surface area contributed by atoms with Crippen LogP contribution in [0.2, 0.25) is 0 Å². The summed E-state index contributed by atoms with van der Waals surface area (Å²) >= 11 is 1.37. The highest BCUT2D eigenvalue weighted by molar-refractivity contribution is 8.00. The van der Waals surface area contributed by atoms with Crippen LogP contribution >= 0.6 is 11.8 Å². The van der Waals surface area contributed by atoms with E-state index in [0.717, 1.165) is 23.3 Å². The van der Waals surface area contributed by atoms with Crippen LogP contribution in [0, 0.1) is 6.92 Å². The summed E-state index contributed by atoms with van der Waals surface area (Å²) in [6.07, 6.45) is 1.80. The van der Waals surface area contributed by atoms with Gasteiger partial charge in [0.05, 0.1) is 5.75 Å². The lowest BCUT2D eigenvalue weighted by Gasteiger charge is -2.08. The standard InChI is InChI=1S/C14H17N3O3S/c1-9-4-2-3-5-11(9)21-8-12(18)16-17-14(20)13(19)15-10-6-7-10/h2-5,10H,6-8H2,1H3,(H,15,19)(H,16,18)(H,17,20). The van der Waals surface area contributed by atoms with Crippen LogP contribution in [0.25, 0.3) is 0 Å². The first-order valence-corrected chi connectivity index (χ1v) is 7.63. The molecule has 0 atom stereocenters. The predicted octanol–water partition coefficient (Wildman–Crippen LogP) is 0.513. The quantitative estimate of drug-likeness (QED) is 0.430. The van der Waals surface area contributed by atoms with Gasteiger partial charge in [0.15, 0.2) is 0 Å². The smallest absolute Gasteiger partial charge is 0.327 e. The zero-order valence-electron chi connectivity index (χ0n) is 11.6. The van der Waals surface area contributed by atoms with Gasteiger partial charge in [-0.05, 0) is 31.4 Å². The first-order valence-electron chi connectivity index (χ1n) is 6.64. The maximum absolute atomic E-state index is 11.6. The van der Waals surface area contributed by atoms with Crippen molar-refractivity contribution in [1.29, 1.82) is 0 Å². The molecule has 0 aromatic heterocycles. The van der Waals surface area contributed by atoms with Crippen molar-refractivity contribution in [1.82, 2.24) is 16.2 Å². The molecule has 21 heavy (non-hydrogen) atoms. The lowest BCUT2D eigenvalue weighted by Crippen LogP contribution is -2.49. The first kappa shape index (κ1) is 15.4. The number of hydrazine groups is 1. The van der Waals surface area contributed by atoms with E-state index >= 15 is 0 Å². The SMILES string of the molecule is Cc1ccccc1SCC(=O)NNC(=O)C(=O)NC1CC1. The molecule has 0 saturated heterocycles. The van der Waals surface area contributed by atoms with Crippen molar-refractivity contribution in [2.24, 2.45) is 0 Å². The molecule has 1 aliphatic rings. The van der Waals surface area contributed by atoms with Crippen LogP contribution in [0.5, 0.6) is 0 Å². The van der Waals surface area contributed by atoms with Crippen molar-refractivity contribution in [2.45, 2.75) is 30.7 Å². The Kier molecular flexibility index (Phi) is 5.21. The average Bonchev–Trinajstić information content (AvgIpc) is 3.27. The number of rotatable bonds is 4. The Balaban J connectivity index is 1.68. The molecule has 1 aliphatic carbocycles. The maximum Gasteiger partial charge on any atom is 0.327 e. The molecule has 2 rings (SSSR count). The number of nitrogens with one attached hydrogen (secondary N) is 3. The average molecular weight is 307 g/mol. The Hall–Kier alpha value is -2.02. The van der Waals surface area contributed by atoms with Crippen LogP contribution in [0.4, 0.5) is 0 Å². The fourth-order valence-corrected chi connectivity index (χ4v) is 2.39. The molecule has 0 spiro atoms. The number of thioether (sulfide) groups is 1. The van der Waals surface area contributed by atoms with Crippen LogP contribution in [-0.2, 0) is 14.4 Å². The molecule has 112 valence electrons. The second-order valence-corrected chi connectivity index (χ2v) is 5.82. The number of benzene rings is 1. The molecule has 0 radical (unpaired) electrons. The largest absolute Gasteiger partial charge is 0.345 e. The van der Waals surface area contributed by atoms with E-state index in [1.807, 2.05) is 31.2 Å². The van der Waals surface area contributed by atoms with E-state index in [0.29, 0.717) is 0 Å². The lowest BCUT2D eigenvalue weighted by atomic mass is 10.2. The summed E-state index contributed by atoms with van der Waals surface area (Å²) in [5.41, 5.74) is 5.42. The molecule has 0 heterocycles. The number of carbonyl (C=O) groups is 3. The molecular formula is C14H17N3O3S. The summed E-state index contributed by atoms with van der Waals surface area (Å²) in [5, 5.41) is 2.54. The zero-order valence-corrected chi connectivity index (χ0v) is 12.5. The summed E-state index contributed by atoms with van der Waals surface area (Å²) in [4.78, 5) is 35.4. The van der Waals surface area contributed by atoms with Gasteiger partial charge in [0.1, 0.15) is 0 Å². The third-order valence-corrected chi connectivity index (χ3v) is 4.06. The Morgan fingerprint density at radius 3 is 2.52 bits per heavy atom. The molecule has 3 N–H and O–H groups in total. The summed E-state index contributed by atoms with van der Waals surface area (Å²) in [7, 11) is 0. The summed E-state index contributed by atoms with van der Waals surface area (Å²) in [5.74, 6) is -1.77. The highest BCUT2D eigenvalue weighted by Gasteiger charge is 2.26. The number of hydrogen-bond acceptors (Lipinski definition) is 4. The maximum atomic E-state index is 11.6. The van der Waals surface area contributed by atoms with Gasteiger partial charge < -0.3 is 5.32 Å². The Labute approximate surface area is 127 Å². The lowest BCUT2D eigenvalue weighted by molar-refractivity contribution is -0.140. The molecule has 1 fully saturated rings. The van der Waals surface area contributed by atoms with Crippen molar-refractivity contribution in [3.8, 4) is 0 Å². The molecule has 3 amide bonds.